The Hall–Kier alpha value is -0.190. The summed E-state index contributed by atoms with van der Waals surface area (Å²) in [5.74, 6) is -1.56. The Morgan fingerprint density at radius 2 is 1.43 bits per heavy atom. The van der Waals surface area contributed by atoms with Crippen LogP contribution >= 0.6 is 0 Å². The van der Waals surface area contributed by atoms with Gasteiger partial charge in [-0.15, -0.1) is 0 Å². The number of hydrogen-bond acceptors (Lipinski definition) is 3. The van der Waals surface area contributed by atoms with Crippen LogP contribution in [0.2, 0.25) is 0 Å². The number of carboxylic acid groups (broad SMARTS) is 1. The van der Waals surface area contributed by atoms with Gasteiger partial charge in [0.15, 0.2) is 5.78 Å². The Bertz CT molecular complexity index is 321. The molecule has 0 unspecified atom stereocenters. The van der Waals surface area contributed by atoms with Crippen molar-refractivity contribution in [3.8, 4) is 0 Å². The van der Waals surface area contributed by atoms with E-state index in [0.29, 0.717) is 0 Å². The predicted molar refractivity (Wildman–Crippen MR) is 88.2 cm³/mol. The van der Waals surface area contributed by atoms with E-state index < -0.39 is 11.5 Å². The number of carbonyl (C=O) groups excluding carboxylic acids is 1. The zero-order valence-corrected chi connectivity index (χ0v) is 16.0. The van der Waals surface area contributed by atoms with E-state index in [2.05, 4.69) is 18.6 Å². The monoisotopic (exact) mass is 306 g/mol. The van der Waals surface area contributed by atoms with E-state index in [9.17, 15) is 9.59 Å². The minimum atomic E-state index is -1.67. The van der Waals surface area contributed by atoms with Gasteiger partial charge in [-0.3, -0.25) is 9.79 Å². The summed E-state index contributed by atoms with van der Waals surface area (Å²) in [5, 5.41) is 8.99. The predicted octanol–water partition coefficient (Wildman–Crippen LogP) is 3.64. The Kier molecular flexibility index (Phi) is 14.8. The number of carbonyl (C=O) groups is 2. The number of nitrogens with zero attached hydrogens (tertiary/aromatic N) is 1. The molecule has 0 bridgehead atoms. The molecule has 21 heavy (non-hydrogen) atoms. The normalized spacial score (nSPS) is 13.0. The molecule has 0 aliphatic heterocycles. The fraction of sp³-hybridized carbons (Fsp3) is 0.812. The van der Waals surface area contributed by atoms with Gasteiger partial charge in [0.1, 0.15) is 0 Å². The first kappa shape index (κ1) is 23.1. The zero-order valence-electron chi connectivity index (χ0n) is 14.0. The molecule has 1 atom stereocenters. The van der Waals surface area contributed by atoms with Crippen LogP contribution in [0, 0.1) is 0 Å². The van der Waals surface area contributed by atoms with Crippen LogP contribution in [-0.2, 0) is 9.59 Å². The Morgan fingerprint density at radius 3 is 1.81 bits per heavy atom. The molecule has 5 heteroatoms. The van der Waals surface area contributed by atoms with Crippen LogP contribution in [0.25, 0.3) is 0 Å². The van der Waals surface area contributed by atoms with Crippen LogP contribution < -0.4 is 0 Å². The number of hydrogen-bond donors (Lipinski definition) is 1. The Morgan fingerprint density at radius 1 is 1.00 bits per heavy atom. The summed E-state index contributed by atoms with van der Waals surface area (Å²) >= 11 is 0. The molecule has 0 aromatic heterocycles. The molecule has 0 aliphatic rings. The van der Waals surface area contributed by atoms with Crippen molar-refractivity contribution in [3.05, 3.63) is 0 Å². The van der Waals surface area contributed by atoms with Crippen LogP contribution in [0.4, 0.5) is 0 Å². The molecule has 0 rings (SSSR count). The second-order valence-electron chi connectivity index (χ2n) is 5.54. The Labute approximate surface area is 151 Å². The fourth-order valence-corrected chi connectivity index (χ4v) is 2.11. The molecule has 0 fully saturated rings. The summed E-state index contributed by atoms with van der Waals surface area (Å²) in [6.07, 6.45) is 10.8. The molecule has 1 radical (unpaired) electrons. The van der Waals surface area contributed by atoms with Gasteiger partial charge in [0, 0.05) is 36.0 Å². The molecule has 0 spiro atoms. The van der Waals surface area contributed by atoms with Crippen molar-refractivity contribution in [3.63, 3.8) is 0 Å². The first-order valence-electron chi connectivity index (χ1n) is 7.73. The molecule has 0 saturated heterocycles. The van der Waals surface area contributed by atoms with Crippen molar-refractivity contribution in [2.45, 2.75) is 83.6 Å². The summed E-state index contributed by atoms with van der Waals surface area (Å²) in [5.41, 5.74) is -1.67. The van der Waals surface area contributed by atoms with E-state index in [0.717, 1.165) is 19.3 Å². The van der Waals surface area contributed by atoms with Gasteiger partial charge in [-0.2, -0.15) is 0 Å². The fourth-order valence-electron chi connectivity index (χ4n) is 2.11. The summed E-state index contributed by atoms with van der Waals surface area (Å²) in [6, 6.07) is 0. The van der Waals surface area contributed by atoms with E-state index in [4.69, 9.17) is 5.11 Å². The second kappa shape index (κ2) is 13.5. The molecule has 0 aromatic carbocycles. The average Bonchev–Trinajstić information content (AvgIpc) is 2.44. The first-order valence-corrected chi connectivity index (χ1v) is 7.73. The largest absolute Gasteiger partial charge is 0.479 e. The molecular formula is C16H29NNaO3. The van der Waals surface area contributed by atoms with Gasteiger partial charge in [-0.1, -0.05) is 58.3 Å². The minimum absolute atomic E-state index is 0. The van der Waals surface area contributed by atoms with E-state index >= 15 is 0 Å². The van der Waals surface area contributed by atoms with Crippen LogP contribution in [0.5, 0.6) is 0 Å². The summed E-state index contributed by atoms with van der Waals surface area (Å²) in [6.45, 7) is 6.74. The van der Waals surface area contributed by atoms with Gasteiger partial charge in [0.2, 0.25) is 5.54 Å². The molecule has 1 N–H and O–H groups in total. The maximum Gasteiger partial charge on any atom is 0.339 e. The van der Waals surface area contributed by atoms with Crippen molar-refractivity contribution >= 4 is 48.0 Å². The van der Waals surface area contributed by atoms with E-state index in [1.165, 1.54) is 45.4 Å². The van der Waals surface area contributed by atoms with Crippen LogP contribution in [-0.4, -0.2) is 58.7 Å². The average molecular weight is 306 g/mol. The third-order valence-electron chi connectivity index (χ3n) is 3.78. The summed E-state index contributed by atoms with van der Waals surface area (Å²) < 4.78 is 0. The molecule has 4 nitrogen and oxygen atoms in total. The number of Topliss-reactive ketones (excluding diaryl/α,β-unsaturated/α-hetero) is 1. The smallest absolute Gasteiger partial charge is 0.339 e. The number of aliphatic carboxylic acids is 1. The first-order chi connectivity index (χ1) is 9.49. The van der Waals surface area contributed by atoms with Gasteiger partial charge in [-0.25, -0.2) is 4.79 Å². The van der Waals surface area contributed by atoms with E-state index in [-0.39, 0.29) is 41.8 Å². The standard InChI is InChI=1S/C16H29NO3.Na/c1-4-5-6-7-8-9-10-11-12-13-14(18)16(2,17-3)15(19)20;/h3-13H2,1-2H3,(H,19,20);/t16-;/m1./s1. The molecule has 0 amide bonds. The molecule has 0 aromatic rings. The van der Waals surface area contributed by atoms with Gasteiger partial charge in [-0.05, 0) is 20.1 Å². The van der Waals surface area contributed by atoms with Crippen molar-refractivity contribution in [1.29, 1.82) is 0 Å². The maximum absolute atomic E-state index is 11.8. The van der Waals surface area contributed by atoms with Gasteiger partial charge < -0.3 is 5.11 Å². The molecule has 0 heterocycles. The van der Waals surface area contributed by atoms with Crippen LogP contribution in [0.3, 0.4) is 0 Å². The molecule has 117 valence electrons. The summed E-state index contributed by atoms with van der Waals surface area (Å²) in [4.78, 5) is 26.3. The SMILES string of the molecule is C=N[C@@](C)(C(=O)O)C(=O)CCCCCCCCCCC.[Na]. The van der Waals surface area contributed by atoms with E-state index in [1.54, 1.807) is 0 Å². The molecule has 0 saturated carbocycles. The molecular weight excluding hydrogens is 277 g/mol. The van der Waals surface area contributed by atoms with Gasteiger partial charge >= 0.3 is 5.97 Å². The third-order valence-corrected chi connectivity index (χ3v) is 3.78. The van der Waals surface area contributed by atoms with Crippen molar-refractivity contribution < 1.29 is 14.7 Å². The topological polar surface area (TPSA) is 66.7 Å². The summed E-state index contributed by atoms with van der Waals surface area (Å²) in [7, 11) is 0. The zero-order chi connectivity index (χ0) is 15.4. The van der Waals surface area contributed by atoms with Crippen molar-refractivity contribution in [2.75, 3.05) is 0 Å². The quantitative estimate of drug-likeness (QED) is 0.244. The third kappa shape index (κ3) is 9.43. The number of aliphatic imine (C=N–C) groups is 1. The maximum atomic E-state index is 11.8. The van der Waals surface area contributed by atoms with Crippen LogP contribution in [0.1, 0.15) is 78.1 Å². The van der Waals surface area contributed by atoms with Gasteiger partial charge in [0.05, 0.1) is 0 Å². The molecule has 0 aliphatic carbocycles. The number of ketones is 1. The number of unbranched alkanes of at least 4 members (excludes halogenated alkanes) is 8. The minimum Gasteiger partial charge on any atom is -0.479 e. The van der Waals surface area contributed by atoms with Crippen molar-refractivity contribution in [1.82, 2.24) is 0 Å². The van der Waals surface area contributed by atoms with Crippen LogP contribution in [0.15, 0.2) is 4.99 Å². The number of rotatable bonds is 13. The van der Waals surface area contributed by atoms with E-state index in [1.807, 2.05) is 0 Å². The Balaban J connectivity index is 0. The van der Waals surface area contributed by atoms with Crippen molar-refractivity contribution in [2.24, 2.45) is 4.99 Å². The number of carboxylic acids is 1. The van der Waals surface area contributed by atoms with Gasteiger partial charge in [0.25, 0.3) is 0 Å². The second-order valence-corrected chi connectivity index (χ2v) is 5.54.